The Kier molecular flexibility index (Phi) is 1.89. The van der Waals surface area contributed by atoms with E-state index in [4.69, 9.17) is 4.42 Å². The number of hydrogen-bond acceptors (Lipinski definition) is 1. The van der Waals surface area contributed by atoms with E-state index in [0.717, 1.165) is 0 Å². The fraction of sp³-hybridized carbons (Fsp3) is 0.429. The Morgan fingerprint density at radius 1 is 1.33 bits per heavy atom. The van der Waals surface area contributed by atoms with Gasteiger partial charge in [-0.25, -0.2) is 0 Å². The van der Waals surface area contributed by atoms with Gasteiger partial charge >= 0.3 is 59.8 Å². The Labute approximate surface area is 59.9 Å². The van der Waals surface area contributed by atoms with Crippen LogP contribution in [0.5, 0.6) is 0 Å². The van der Waals surface area contributed by atoms with Gasteiger partial charge in [-0.1, -0.05) is 0 Å². The van der Waals surface area contributed by atoms with Crippen LogP contribution in [-0.4, -0.2) is 18.4 Å². The summed E-state index contributed by atoms with van der Waals surface area (Å²) in [6.07, 6.45) is 3.65. The standard InChI is InChI=1S/C4H3O.3CH3.Sn/c1-2-4-5-3-1;;;;/h1,3-4H;3*1H3;. The van der Waals surface area contributed by atoms with E-state index in [1.807, 2.05) is 6.26 Å². The molecule has 9 heavy (non-hydrogen) atoms. The van der Waals surface area contributed by atoms with Gasteiger partial charge in [0.25, 0.3) is 0 Å². The van der Waals surface area contributed by atoms with Gasteiger partial charge in [-0.15, -0.1) is 0 Å². The summed E-state index contributed by atoms with van der Waals surface area (Å²) in [5.74, 6) is 0. The second-order valence-electron chi connectivity index (χ2n) is 3.26. The molecule has 0 fully saturated rings. The van der Waals surface area contributed by atoms with Gasteiger partial charge in [0.2, 0.25) is 0 Å². The maximum atomic E-state index is 4.99. The maximum absolute atomic E-state index is 4.99. The van der Waals surface area contributed by atoms with Crippen molar-refractivity contribution in [3.8, 4) is 0 Å². The molecule has 0 spiro atoms. The van der Waals surface area contributed by atoms with E-state index >= 15 is 0 Å². The molecule has 1 heterocycles. The predicted molar refractivity (Wildman–Crippen MR) is 41.7 cm³/mol. The van der Waals surface area contributed by atoms with E-state index in [9.17, 15) is 0 Å². The number of rotatable bonds is 1. The summed E-state index contributed by atoms with van der Waals surface area (Å²) in [6.45, 7) is 0. The van der Waals surface area contributed by atoms with Gasteiger partial charge < -0.3 is 0 Å². The zero-order chi connectivity index (χ0) is 6.91. The molecule has 1 aromatic rings. The molecule has 2 heteroatoms. The Balaban J connectivity index is 2.90. The molecule has 1 nitrogen and oxygen atoms in total. The Morgan fingerprint density at radius 3 is 2.22 bits per heavy atom. The summed E-state index contributed by atoms with van der Waals surface area (Å²) in [5.41, 5.74) is 0. The molecular weight excluding hydrogens is 219 g/mol. The topological polar surface area (TPSA) is 13.1 Å². The third-order valence-electron chi connectivity index (χ3n) is 1.39. The Hall–Kier alpha value is 0.0787. The first-order chi connectivity index (χ1) is 4.11. The van der Waals surface area contributed by atoms with Gasteiger partial charge in [-0.2, -0.15) is 0 Å². The second kappa shape index (κ2) is 2.37. The molecule has 0 aliphatic rings. The molecule has 0 aliphatic heterocycles. The van der Waals surface area contributed by atoms with Gasteiger partial charge in [0, 0.05) is 0 Å². The SMILES string of the molecule is [CH3][Sn]([CH3])([CH3])[c]1ccoc1. The molecule has 0 atom stereocenters. The minimum atomic E-state index is -1.74. The predicted octanol–water partition coefficient (Wildman–Crippen LogP) is 1.82. The van der Waals surface area contributed by atoms with Crippen molar-refractivity contribution >= 4 is 22.0 Å². The third kappa shape index (κ3) is 1.75. The first kappa shape index (κ1) is 7.19. The van der Waals surface area contributed by atoms with E-state index in [0.29, 0.717) is 0 Å². The van der Waals surface area contributed by atoms with Gasteiger partial charge in [-0.3, -0.25) is 0 Å². The molecule has 0 bridgehead atoms. The van der Waals surface area contributed by atoms with Crippen molar-refractivity contribution in [1.29, 1.82) is 0 Å². The van der Waals surface area contributed by atoms with Crippen molar-refractivity contribution in [1.82, 2.24) is 0 Å². The van der Waals surface area contributed by atoms with Crippen molar-refractivity contribution in [2.75, 3.05) is 0 Å². The fourth-order valence-corrected chi connectivity index (χ4v) is 3.52. The van der Waals surface area contributed by atoms with E-state index in [2.05, 4.69) is 20.9 Å². The summed E-state index contributed by atoms with van der Waals surface area (Å²) in [6, 6.07) is 2.09. The summed E-state index contributed by atoms with van der Waals surface area (Å²) >= 11 is -1.74. The number of hydrogen-bond donors (Lipinski definition) is 0. The van der Waals surface area contributed by atoms with Crippen LogP contribution in [0.1, 0.15) is 0 Å². The molecule has 0 N–H and O–H groups in total. The van der Waals surface area contributed by atoms with E-state index < -0.39 is 18.4 Å². The summed E-state index contributed by atoms with van der Waals surface area (Å²) in [7, 11) is 0. The van der Waals surface area contributed by atoms with Crippen molar-refractivity contribution in [3.05, 3.63) is 18.6 Å². The van der Waals surface area contributed by atoms with Gasteiger partial charge in [-0.05, 0) is 0 Å². The molecule has 0 saturated carbocycles. The first-order valence-corrected chi connectivity index (χ1v) is 13.1. The molecule has 0 aliphatic carbocycles. The molecule has 1 rings (SSSR count). The van der Waals surface area contributed by atoms with E-state index in [1.165, 1.54) is 3.58 Å². The Morgan fingerprint density at radius 2 is 2.00 bits per heavy atom. The molecule has 0 saturated heterocycles. The van der Waals surface area contributed by atoms with Crippen LogP contribution in [0.3, 0.4) is 0 Å². The van der Waals surface area contributed by atoms with Gasteiger partial charge in [0.1, 0.15) is 0 Å². The van der Waals surface area contributed by atoms with Crippen molar-refractivity contribution in [3.63, 3.8) is 0 Å². The fourth-order valence-electron chi connectivity index (χ4n) is 0.691. The molecule has 50 valence electrons. The number of furan rings is 1. The van der Waals surface area contributed by atoms with Crippen LogP contribution in [0.15, 0.2) is 23.0 Å². The average Bonchev–Trinajstić information content (AvgIpc) is 2.08. The Bertz CT molecular complexity index is 171. The molecule has 1 aromatic heterocycles. The van der Waals surface area contributed by atoms with Crippen LogP contribution < -0.4 is 3.58 Å². The third-order valence-corrected chi connectivity index (χ3v) is 7.14. The van der Waals surface area contributed by atoms with Crippen LogP contribution in [0, 0.1) is 0 Å². The molecule has 0 amide bonds. The van der Waals surface area contributed by atoms with Crippen LogP contribution in [0.2, 0.25) is 14.8 Å². The van der Waals surface area contributed by atoms with E-state index in [-0.39, 0.29) is 0 Å². The summed E-state index contributed by atoms with van der Waals surface area (Å²) in [4.78, 5) is 7.12. The molecule has 0 radical (unpaired) electrons. The zero-order valence-electron chi connectivity index (χ0n) is 6.14. The zero-order valence-corrected chi connectivity index (χ0v) is 8.99. The van der Waals surface area contributed by atoms with Crippen molar-refractivity contribution in [2.45, 2.75) is 14.8 Å². The van der Waals surface area contributed by atoms with Crippen LogP contribution in [0.25, 0.3) is 0 Å². The van der Waals surface area contributed by atoms with Gasteiger partial charge in [0.05, 0.1) is 0 Å². The normalized spacial score (nSPS) is 11.9. The quantitative estimate of drug-likeness (QED) is 0.672. The van der Waals surface area contributed by atoms with Crippen molar-refractivity contribution < 1.29 is 4.42 Å². The average molecular weight is 231 g/mol. The minimum absolute atomic E-state index is 1.46. The molecule has 0 unspecified atom stereocenters. The second-order valence-corrected chi connectivity index (χ2v) is 17.8. The monoisotopic (exact) mass is 232 g/mol. The summed E-state index contributed by atoms with van der Waals surface area (Å²) in [5, 5.41) is 0. The first-order valence-electron chi connectivity index (χ1n) is 3.13. The molecular formula is C7H12OSn. The summed E-state index contributed by atoms with van der Waals surface area (Å²) < 4.78 is 6.46. The van der Waals surface area contributed by atoms with Crippen LogP contribution >= 0.6 is 0 Å². The van der Waals surface area contributed by atoms with Gasteiger partial charge in [0.15, 0.2) is 0 Å². The van der Waals surface area contributed by atoms with Crippen molar-refractivity contribution in [2.24, 2.45) is 0 Å². The van der Waals surface area contributed by atoms with Crippen LogP contribution in [-0.2, 0) is 0 Å². The van der Waals surface area contributed by atoms with Crippen LogP contribution in [0.4, 0.5) is 0 Å². The van der Waals surface area contributed by atoms with E-state index in [1.54, 1.807) is 6.26 Å². The molecule has 0 aromatic carbocycles.